The van der Waals surface area contributed by atoms with Crippen LogP contribution in [-0.2, 0) is 4.74 Å². The van der Waals surface area contributed by atoms with Crippen LogP contribution in [0.2, 0.25) is 5.02 Å². The van der Waals surface area contributed by atoms with Crippen molar-refractivity contribution in [3.8, 4) is 6.07 Å². The van der Waals surface area contributed by atoms with Crippen molar-refractivity contribution in [2.24, 2.45) is 0 Å². The third-order valence-corrected chi connectivity index (χ3v) is 2.61. The molecule has 1 aromatic carbocycles. The number of hydrogen-bond donors (Lipinski definition) is 1. The average molecular weight is 253 g/mol. The highest BCUT2D eigenvalue weighted by Crippen LogP contribution is 2.22. The molecule has 0 radical (unpaired) electrons. The number of rotatable bonds is 7. The summed E-state index contributed by atoms with van der Waals surface area (Å²) in [6.45, 7) is 4.32. The van der Waals surface area contributed by atoms with Gasteiger partial charge in [0.25, 0.3) is 0 Å². The summed E-state index contributed by atoms with van der Waals surface area (Å²) in [5.74, 6) is 0. The van der Waals surface area contributed by atoms with E-state index in [1.165, 1.54) is 0 Å². The summed E-state index contributed by atoms with van der Waals surface area (Å²) in [5.41, 5.74) is 1.41. The molecule has 92 valence electrons. The zero-order chi connectivity index (χ0) is 12.5. The molecule has 4 heteroatoms. The zero-order valence-corrected chi connectivity index (χ0v) is 10.8. The van der Waals surface area contributed by atoms with Gasteiger partial charge in [0.1, 0.15) is 0 Å². The fourth-order valence-electron chi connectivity index (χ4n) is 1.33. The molecule has 0 atom stereocenters. The van der Waals surface area contributed by atoms with Crippen LogP contribution in [0.15, 0.2) is 18.2 Å². The summed E-state index contributed by atoms with van der Waals surface area (Å²) in [6, 6.07) is 7.26. The van der Waals surface area contributed by atoms with Crippen LogP contribution >= 0.6 is 11.6 Å². The first-order valence-electron chi connectivity index (χ1n) is 5.79. The first kappa shape index (κ1) is 13.8. The van der Waals surface area contributed by atoms with Crippen molar-refractivity contribution in [1.29, 1.82) is 5.26 Å². The number of nitrogens with zero attached hydrogens (tertiary/aromatic N) is 1. The Morgan fingerprint density at radius 3 is 2.88 bits per heavy atom. The van der Waals surface area contributed by atoms with Gasteiger partial charge < -0.3 is 10.1 Å². The summed E-state index contributed by atoms with van der Waals surface area (Å²) in [5, 5.41) is 12.4. The Kier molecular flexibility index (Phi) is 6.46. The van der Waals surface area contributed by atoms with Gasteiger partial charge >= 0.3 is 0 Å². The second kappa shape index (κ2) is 7.94. The second-order valence-electron chi connectivity index (χ2n) is 3.70. The Bertz CT molecular complexity index is 387. The Balaban J connectivity index is 2.30. The molecule has 3 nitrogen and oxygen atoms in total. The van der Waals surface area contributed by atoms with Crippen molar-refractivity contribution in [3.05, 3.63) is 28.8 Å². The molecule has 0 saturated carbocycles. The van der Waals surface area contributed by atoms with Crippen LogP contribution in [-0.4, -0.2) is 19.8 Å². The topological polar surface area (TPSA) is 45.0 Å². The van der Waals surface area contributed by atoms with Crippen LogP contribution in [0.1, 0.15) is 25.3 Å². The van der Waals surface area contributed by atoms with Crippen LogP contribution in [0.3, 0.4) is 0 Å². The minimum absolute atomic E-state index is 0.567. The van der Waals surface area contributed by atoms with Gasteiger partial charge in [-0.1, -0.05) is 24.9 Å². The molecule has 0 spiro atoms. The SMILES string of the molecule is CCCCOCCNc1ccc(C#N)cc1Cl. The number of nitrogens with one attached hydrogen (secondary N) is 1. The van der Waals surface area contributed by atoms with Crippen molar-refractivity contribution in [2.45, 2.75) is 19.8 Å². The molecular formula is C13H17ClN2O. The monoisotopic (exact) mass is 252 g/mol. The van der Waals surface area contributed by atoms with E-state index in [0.717, 1.165) is 31.7 Å². The number of halogens is 1. The van der Waals surface area contributed by atoms with Crippen molar-refractivity contribution in [1.82, 2.24) is 0 Å². The van der Waals surface area contributed by atoms with Gasteiger partial charge in [0, 0.05) is 13.2 Å². The molecule has 17 heavy (non-hydrogen) atoms. The second-order valence-corrected chi connectivity index (χ2v) is 4.11. The number of unbranched alkanes of at least 4 members (excludes halogenated alkanes) is 1. The molecule has 1 N–H and O–H groups in total. The number of hydrogen-bond acceptors (Lipinski definition) is 3. The fraction of sp³-hybridized carbons (Fsp3) is 0.462. The summed E-state index contributed by atoms with van der Waals surface area (Å²) in [4.78, 5) is 0. The van der Waals surface area contributed by atoms with Gasteiger partial charge in [0.05, 0.1) is 28.9 Å². The summed E-state index contributed by atoms with van der Waals surface area (Å²) < 4.78 is 5.42. The van der Waals surface area contributed by atoms with Gasteiger partial charge in [-0.2, -0.15) is 5.26 Å². The molecule has 0 heterocycles. The van der Waals surface area contributed by atoms with E-state index in [1.807, 2.05) is 12.1 Å². The van der Waals surface area contributed by atoms with E-state index in [4.69, 9.17) is 21.6 Å². The van der Waals surface area contributed by atoms with E-state index in [1.54, 1.807) is 12.1 Å². The molecule has 0 bridgehead atoms. The number of benzene rings is 1. The molecule has 0 amide bonds. The van der Waals surface area contributed by atoms with Crippen molar-refractivity contribution in [3.63, 3.8) is 0 Å². The van der Waals surface area contributed by atoms with Gasteiger partial charge in [-0.3, -0.25) is 0 Å². The van der Waals surface area contributed by atoms with Gasteiger partial charge in [-0.25, -0.2) is 0 Å². The molecule has 0 aliphatic heterocycles. The van der Waals surface area contributed by atoms with Gasteiger partial charge in [0.2, 0.25) is 0 Å². The number of anilines is 1. The van der Waals surface area contributed by atoms with Crippen LogP contribution in [0, 0.1) is 11.3 Å². The smallest absolute Gasteiger partial charge is 0.0992 e. The molecular weight excluding hydrogens is 236 g/mol. The quantitative estimate of drug-likeness (QED) is 0.756. The van der Waals surface area contributed by atoms with E-state index in [-0.39, 0.29) is 0 Å². The van der Waals surface area contributed by atoms with Gasteiger partial charge in [0.15, 0.2) is 0 Å². The summed E-state index contributed by atoms with van der Waals surface area (Å²) in [6.07, 6.45) is 2.24. The van der Waals surface area contributed by atoms with Crippen molar-refractivity contribution >= 4 is 17.3 Å². The summed E-state index contributed by atoms with van der Waals surface area (Å²) >= 11 is 6.02. The minimum atomic E-state index is 0.567. The largest absolute Gasteiger partial charge is 0.382 e. The maximum atomic E-state index is 8.70. The van der Waals surface area contributed by atoms with Crippen LogP contribution in [0.4, 0.5) is 5.69 Å². The normalized spacial score (nSPS) is 9.94. The van der Waals surface area contributed by atoms with Gasteiger partial charge in [-0.05, 0) is 24.6 Å². The molecule has 0 aromatic heterocycles. The van der Waals surface area contributed by atoms with Crippen LogP contribution in [0.25, 0.3) is 0 Å². The van der Waals surface area contributed by atoms with Crippen molar-refractivity contribution in [2.75, 3.05) is 25.1 Å². The predicted molar refractivity (Wildman–Crippen MR) is 70.4 cm³/mol. The number of nitriles is 1. The molecule has 0 aliphatic rings. The van der Waals surface area contributed by atoms with Crippen LogP contribution < -0.4 is 5.32 Å². The van der Waals surface area contributed by atoms with E-state index in [2.05, 4.69) is 12.2 Å². The maximum Gasteiger partial charge on any atom is 0.0992 e. The maximum absolute atomic E-state index is 8.70. The predicted octanol–water partition coefficient (Wildman–Crippen LogP) is 3.44. The van der Waals surface area contributed by atoms with Crippen LogP contribution in [0.5, 0.6) is 0 Å². The lowest BCUT2D eigenvalue weighted by molar-refractivity contribution is 0.141. The standard InChI is InChI=1S/C13H17ClN2O/c1-2-3-7-17-8-6-16-13-5-4-11(10-15)9-12(13)14/h4-5,9,16H,2-3,6-8H2,1H3. The highest BCUT2D eigenvalue weighted by Gasteiger charge is 2.00. The molecule has 0 aliphatic carbocycles. The first-order valence-corrected chi connectivity index (χ1v) is 6.17. The van der Waals surface area contributed by atoms with Crippen molar-refractivity contribution < 1.29 is 4.74 Å². The van der Waals surface area contributed by atoms with E-state index < -0.39 is 0 Å². The molecule has 0 fully saturated rings. The van der Waals surface area contributed by atoms with E-state index in [9.17, 15) is 0 Å². The highest BCUT2D eigenvalue weighted by molar-refractivity contribution is 6.33. The molecule has 1 aromatic rings. The fourth-order valence-corrected chi connectivity index (χ4v) is 1.58. The lowest BCUT2D eigenvalue weighted by Crippen LogP contribution is -2.10. The first-order chi connectivity index (χ1) is 8.27. The Morgan fingerprint density at radius 2 is 2.24 bits per heavy atom. The summed E-state index contributed by atoms with van der Waals surface area (Å²) in [7, 11) is 0. The third-order valence-electron chi connectivity index (χ3n) is 2.30. The minimum Gasteiger partial charge on any atom is -0.382 e. The Morgan fingerprint density at radius 1 is 1.41 bits per heavy atom. The Hall–Kier alpha value is -1.24. The molecule has 0 unspecified atom stereocenters. The van der Waals surface area contributed by atoms with E-state index in [0.29, 0.717) is 17.2 Å². The Labute approximate surface area is 107 Å². The highest BCUT2D eigenvalue weighted by atomic mass is 35.5. The number of ether oxygens (including phenoxy) is 1. The lowest BCUT2D eigenvalue weighted by atomic mass is 10.2. The van der Waals surface area contributed by atoms with Gasteiger partial charge in [-0.15, -0.1) is 0 Å². The zero-order valence-electron chi connectivity index (χ0n) is 10.0. The lowest BCUT2D eigenvalue weighted by Gasteiger charge is -2.08. The average Bonchev–Trinajstić information content (AvgIpc) is 2.35. The third kappa shape index (κ3) is 5.08. The molecule has 0 saturated heterocycles. The molecule has 1 rings (SSSR count). The van der Waals surface area contributed by atoms with E-state index >= 15 is 0 Å².